The van der Waals surface area contributed by atoms with Crippen LogP contribution in [-0.4, -0.2) is 36.9 Å². The van der Waals surface area contributed by atoms with E-state index in [1.807, 2.05) is 27.7 Å². The quantitative estimate of drug-likeness (QED) is 0.610. The number of ether oxygens (including phenoxy) is 3. The first-order valence-electron chi connectivity index (χ1n) is 7.23. The van der Waals surface area contributed by atoms with Gasteiger partial charge in [0.1, 0.15) is 6.10 Å². The van der Waals surface area contributed by atoms with Gasteiger partial charge in [-0.1, -0.05) is 6.92 Å². The van der Waals surface area contributed by atoms with Crippen LogP contribution in [0.2, 0.25) is 0 Å². The fourth-order valence-electron chi connectivity index (χ4n) is 1.35. The zero-order valence-corrected chi connectivity index (χ0v) is 13.4. The minimum atomic E-state index is -0.307. The summed E-state index contributed by atoms with van der Waals surface area (Å²) < 4.78 is 15.6. The predicted molar refractivity (Wildman–Crippen MR) is 76.4 cm³/mol. The van der Waals surface area contributed by atoms with Crippen LogP contribution in [0, 0.1) is 0 Å². The lowest BCUT2D eigenvalue weighted by Crippen LogP contribution is -2.27. The van der Waals surface area contributed by atoms with Crippen LogP contribution in [0.1, 0.15) is 60.3 Å². The van der Waals surface area contributed by atoms with E-state index in [9.17, 15) is 9.59 Å². The van der Waals surface area contributed by atoms with E-state index < -0.39 is 0 Å². The first-order chi connectivity index (χ1) is 9.24. The van der Waals surface area contributed by atoms with Crippen LogP contribution in [0.25, 0.3) is 0 Å². The van der Waals surface area contributed by atoms with Crippen LogP contribution >= 0.6 is 0 Å². The molecule has 0 fully saturated rings. The predicted octanol–water partition coefficient (Wildman–Crippen LogP) is 2.86. The third-order valence-electron chi connectivity index (χ3n) is 2.31. The van der Waals surface area contributed by atoms with Crippen molar-refractivity contribution in [2.75, 3.05) is 13.2 Å². The Morgan fingerprint density at radius 2 is 1.70 bits per heavy atom. The molecule has 0 heterocycles. The van der Waals surface area contributed by atoms with Crippen molar-refractivity contribution in [2.24, 2.45) is 0 Å². The van der Waals surface area contributed by atoms with Crippen LogP contribution in [0.15, 0.2) is 0 Å². The summed E-state index contributed by atoms with van der Waals surface area (Å²) in [6.07, 6.45) is 1.45. The zero-order chi connectivity index (χ0) is 15.6. The molecule has 5 heteroatoms. The van der Waals surface area contributed by atoms with Crippen molar-refractivity contribution in [1.29, 1.82) is 0 Å². The third kappa shape index (κ3) is 12.0. The normalized spacial score (nSPS) is 12.8. The van der Waals surface area contributed by atoms with E-state index >= 15 is 0 Å². The van der Waals surface area contributed by atoms with E-state index in [2.05, 4.69) is 0 Å². The van der Waals surface area contributed by atoms with E-state index in [1.165, 1.54) is 0 Å². The lowest BCUT2D eigenvalue weighted by Gasteiger charge is -2.22. The second-order valence-electron chi connectivity index (χ2n) is 5.80. The number of carbonyl (C=O) groups excluding carboxylic acids is 2. The molecular formula is C15H28O5. The Labute approximate surface area is 122 Å². The van der Waals surface area contributed by atoms with Gasteiger partial charge in [-0.05, 0) is 40.5 Å². The third-order valence-corrected chi connectivity index (χ3v) is 2.31. The molecule has 118 valence electrons. The van der Waals surface area contributed by atoms with Crippen LogP contribution in [0.5, 0.6) is 0 Å². The van der Waals surface area contributed by atoms with Crippen molar-refractivity contribution in [3.05, 3.63) is 0 Å². The highest BCUT2D eigenvalue weighted by atomic mass is 16.6. The van der Waals surface area contributed by atoms with Crippen molar-refractivity contribution in [3.63, 3.8) is 0 Å². The Bertz CT molecular complexity index is 293. The summed E-state index contributed by atoms with van der Waals surface area (Å²) in [5.41, 5.74) is -0.246. The van der Waals surface area contributed by atoms with Crippen LogP contribution in [-0.2, 0) is 23.8 Å². The molecule has 0 spiro atoms. The van der Waals surface area contributed by atoms with Crippen molar-refractivity contribution in [1.82, 2.24) is 0 Å². The Morgan fingerprint density at radius 3 is 2.25 bits per heavy atom. The van der Waals surface area contributed by atoms with E-state index in [4.69, 9.17) is 14.2 Å². The maximum absolute atomic E-state index is 11.5. The summed E-state index contributed by atoms with van der Waals surface area (Å²) in [5, 5.41) is 0. The van der Waals surface area contributed by atoms with Crippen molar-refractivity contribution in [3.8, 4) is 0 Å². The number of rotatable bonds is 9. The molecule has 5 nitrogen and oxygen atoms in total. The molecule has 0 N–H and O–H groups in total. The van der Waals surface area contributed by atoms with Crippen molar-refractivity contribution >= 4 is 11.9 Å². The summed E-state index contributed by atoms with van der Waals surface area (Å²) in [6, 6.07) is 0. The summed E-state index contributed by atoms with van der Waals surface area (Å²) >= 11 is 0. The first-order valence-corrected chi connectivity index (χ1v) is 7.23. The van der Waals surface area contributed by atoms with Gasteiger partial charge in [0.25, 0.3) is 0 Å². The van der Waals surface area contributed by atoms with Crippen LogP contribution in [0.3, 0.4) is 0 Å². The number of carbonyl (C=O) groups is 2. The molecule has 0 aliphatic heterocycles. The molecule has 0 aromatic heterocycles. The number of hydrogen-bond acceptors (Lipinski definition) is 5. The summed E-state index contributed by atoms with van der Waals surface area (Å²) in [6.45, 7) is 10.4. The SMILES string of the molecule is CCCOC(=O)CCCC(=O)OC(C)COC(C)(C)C. The lowest BCUT2D eigenvalue weighted by molar-refractivity contribution is -0.154. The monoisotopic (exact) mass is 288 g/mol. The van der Waals surface area contributed by atoms with Gasteiger partial charge in [-0.2, -0.15) is 0 Å². The second kappa shape index (κ2) is 9.75. The molecule has 0 rings (SSSR count). The highest BCUT2D eigenvalue weighted by molar-refractivity contribution is 5.72. The lowest BCUT2D eigenvalue weighted by atomic mass is 10.2. The average molecular weight is 288 g/mol. The van der Waals surface area contributed by atoms with Crippen LogP contribution in [0.4, 0.5) is 0 Å². The molecule has 0 amide bonds. The summed E-state index contributed by atoms with van der Waals surface area (Å²) in [5.74, 6) is -0.568. The molecule has 0 radical (unpaired) electrons. The molecule has 0 aliphatic carbocycles. The maximum atomic E-state index is 11.5. The average Bonchev–Trinajstić information content (AvgIpc) is 2.33. The molecular weight excluding hydrogens is 260 g/mol. The van der Waals surface area contributed by atoms with E-state index in [0.717, 1.165) is 6.42 Å². The minimum Gasteiger partial charge on any atom is -0.466 e. The number of hydrogen-bond donors (Lipinski definition) is 0. The second-order valence-corrected chi connectivity index (χ2v) is 5.80. The van der Waals surface area contributed by atoms with Gasteiger partial charge in [0.15, 0.2) is 0 Å². The zero-order valence-electron chi connectivity index (χ0n) is 13.4. The van der Waals surface area contributed by atoms with Gasteiger partial charge in [0, 0.05) is 12.8 Å². The summed E-state index contributed by atoms with van der Waals surface area (Å²) in [7, 11) is 0. The van der Waals surface area contributed by atoms with Gasteiger partial charge >= 0.3 is 11.9 Å². The summed E-state index contributed by atoms with van der Waals surface area (Å²) in [4.78, 5) is 22.8. The van der Waals surface area contributed by atoms with Crippen LogP contribution < -0.4 is 0 Å². The Morgan fingerprint density at radius 1 is 1.10 bits per heavy atom. The van der Waals surface area contributed by atoms with Gasteiger partial charge < -0.3 is 14.2 Å². The molecule has 1 unspecified atom stereocenters. The molecule has 0 saturated heterocycles. The van der Waals surface area contributed by atoms with Gasteiger partial charge in [-0.15, -0.1) is 0 Å². The Kier molecular flexibility index (Phi) is 9.21. The maximum Gasteiger partial charge on any atom is 0.306 e. The molecule has 0 aliphatic rings. The highest BCUT2D eigenvalue weighted by Crippen LogP contribution is 2.09. The largest absolute Gasteiger partial charge is 0.466 e. The van der Waals surface area contributed by atoms with Gasteiger partial charge in [-0.25, -0.2) is 0 Å². The number of esters is 2. The minimum absolute atomic E-state index is 0.223. The van der Waals surface area contributed by atoms with E-state index in [0.29, 0.717) is 19.6 Å². The molecule has 0 bridgehead atoms. The molecule has 0 aromatic carbocycles. The fourth-order valence-corrected chi connectivity index (χ4v) is 1.35. The first kappa shape index (κ1) is 18.9. The smallest absolute Gasteiger partial charge is 0.306 e. The molecule has 0 aromatic rings. The van der Waals surface area contributed by atoms with Gasteiger partial charge in [-0.3, -0.25) is 9.59 Å². The highest BCUT2D eigenvalue weighted by Gasteiger charge is 2.15. The topological polar surface area (TPSA) is 61.8 Å². The Balaban J connectivity index is 3.70. The molecule has 20 heavy (non-hydrogen) atoms. The van der Waals surface area contributed by atoms with Crippen molar-refractivity contribution in [2.45, 2.75) is 72.0 Å². The Hall–Kier alpha value is -1.10. The fraction of sp³-hybridized carbons (Fsp3) is 0.867. The van der Waals surface area contributed by atoms with Gasteiger partial charge in [0.05, 0.1) is 18.8 Å². The van der Waals surface area contributed by atoms with Gasteiger partial charge in [0.2, 0.25) is 0 Å². The van der Waals surface area contributed by atoms with E-state index in [-0.39, 0.29) is 36.5 Å². The standard InChI is InChI=1S/C15H28O5/c1-6-10-18-13(16)8-7-9-14(17)20-12(2)11-19-15(3,4)5/h12H,6-11H2,1-5H3. The molecule has 0 saturated carbocycles. The molecule has 1 atom stereocenters. The van der Waals surface area contributed by atoms with E-state index in [1.54, 1.807) is 6.92 Å². The van der Waals surface area contributed by atoms with Crippen molar-refractivity contribution < 1.29 is 23.8 Å².